The zero-order valence-electron chi connectivity index (χ0n) is 15.2. The van der Waals surface area contributed by atoms with Crippen LogP contribution in [-0.2, 0) is 10.5 Å². The number of nitrogens with zero attached hydrogens (tertiary/aromatic N) is 1. The van der Waals surface area contributed by atoms with Crippen LogP contribution in [0, 0.1) is 5.92 Å². The van der Waals surface area contributed by atoms with E-state index < -0.39 is 0 Å². The molecule has 134 valence electrons. The Balaban J connectivity index is 1.84. The molecule has 0 fully saturated rings. The normalized spacial score (nSPS) is 12.1. The molecule has 0 saturated carbocycles. The first-order valence-electron chi connectivity index (χ1n) is 9.06. The molecule has 4 heteroatoms. The summed E-state index contributed by atoms with van der Waals surface area (Å²) in [6, 6.07) is 16.4. The summed E-state index contributed by atoms with van der Waals surface area (Å²) in [5.41, 5.74) is 2.26. The molecule has 1 atom stereocenters. The third-order valence-corrected chi connectivity index (χ3v) is 5.44. The number of pyridine rings is 1. The van der Waals surface area contributed by atoms with Gasteiger partial charge in [-0.15, -0.1) is 0 Å². The lowest BCUT2D eigenvalue weighted by atomic mass is 9.88. The summed E-state index contributed by atoms with van der Waals surface area (Å²) in [7, 11) is 0. The number of carbonyl (C=O) groups excluding carboxylic acids is 1. The van der Waals surface area contributed by atoms with Gasteiger partial charge >= 0.3 is 0 Å². The molecule has 2 rings (SSSR count). The first-order valence-corrected chi connectivity index (χ1v) is 10.2. The highest BCUT2D eigenvalue weighted by molar-refractivity contribution is 7.98. The van der Waals surface area contributed by atoms with Gasteiger partial charge in [0.05, 0.1) is 11.7 Å². The van der Waals surface area contributed by atoms with Gasteiger partial charge in [0, 0.05) is 24.1 Å². The molecule has 1 aromatic heterocycles. The van der Waals surface area contributed by atoms with Crippen molar-refractivity contribution < 1.29 is 4.79 Å². The van der Waals surface area contributed by atoms with Gasteiger partial charge in [-0.3, -0.25) is 9.78 Å². The summed E-state index contributed by atoms with van der Waals surface area (Å²) in [6.45, 7) is 4.39. The van der Waals surface area contributed by atoms with Gasteiger partial charge in [-0.05, 0) is 23.6 Å². The van der Waals surface area contributed by atoms with Crippen molar-refractivity contribution in [2.45, 2.75) is 44.9 Å². The molecule has 1 N–H and O–H groups in total. The molecule has 3 nitrogen and oxygen atoms in total. The molecule has 0 bridgehead atoms. The number of carbonyl (C=O) groups is 1. The summed E-state index contributed by atoms with van der Waals surface area (Å²) >= 11 is 1.75. The van der Waals surface area contributed by atoms with Crippen molar-refractivity contribution in [2.75, 3.05) is 5.75 Å². The summed E-state index contributed by atoms with van der Waals surface area (Å²) < 4.78 is 0. The van der Waals surface area contributed by atoms with E-state index in [1.54, 1.807) is 11.8 Å². The standard InChI is InChI=1S/C21H28N2OS/c1-3-17(4-2)21(18-10-6-5-7-11-18)23-20(24)13-15-25-16-19-12-8-9-14-22-19/h5-12,14,17,21H,3-4,13,15-16H2,1-2H3,(H,23,24). The molecule has 25 heavy (non-hydrogen) atoms. The summed E-state index contributed by atoms with van der Waals surface area (Å²) in [4.78, 5) is 16.7. The Morgan fingerprint density at radius 1 is 1.08 bits per heavy atom. The van der Waals surface area contributed by atoms with Gasteiger partial charge in [-0.2, -0.15) is 11.8 Å². The molecule has 0 aliphatic carbocycles. The summed E-state index contributed by atoms with van der Waals surface area (Å²) in [6.07, 6.45) is 4.47. The number of hydrogen-bond donors (Lipinski definition) is 1. The Labute approximate surface area is 155 Å². The molecule has 2 aromatic rings. The molecule has 0 saturated heterocycles. The number of nitrogens with one attached hydrogen (secondary N) is 1. The second kappa shape index (κ2) is 10.9. The highest BCUT2D eigenvalue weighted by Crippen LogP contribution is 2.27. The fourth-order valence-corrected chi connectivity index (χ4v) is 3.82. The Hall–Kier alpha value is -1.81. The molecule has 0 aliphatic heterocycles. The minimum atomic E-state index is 0.101. The monoisotopic (exact) mass is 356 g/mol. The second-order valence-electron chi connectivity index (χ2n) is 6.16. The van der Waals surface area contributed by atoms with Gasteiger partial charge in [0.1, 0.15) is 0 Å². The molecule has 1 unspecified atom stereocenters. The van der Waals surface area contributed by atoms with E-state index in [1.165, 1.54) is 5.56 Å². The molecular weight excluding hydrogens is 328 g/mol. The minimum absolute atomic E-state index is 0.101. The van der Waals surface area contributed by atoms with E-state index in [9.17, 15) is 4.79 Å². The lowest BCUT2D eigenvalue weighted by molar-refractivity contribution is -0.121. The largest absolute Gasteiger partial charge is 0.349 e. The van der Waals surface area contributed by atoms with Crippen LogP contribution in [0.25, 0.3) is 0 Å². The molecule has 0 aliphatic rings. The third-order valence-electron chi connectivity index (χ3n) is 4.44. The Bertz CT molecular complexity index is 614. The van der Waals surface area contributed by atoms with Crippen LogP contribution in [0.4, 0.5) is 0 Å². The average Bonchev–Trinajstić information content (AvgIpc) is 2.67. The first-order chi connectivity index (χ1) is 12.2. The van der Waals surface area contributed by atoms with Crippen LogP contribution in [0.2, 0.25) is 0 Å². The molecule has 0 spiro atoms. The fourth-order valence-electron chi connectivity index (χ4n) is 2.96. The number of benzene rings is 1. The van der Waals surface area contributed by atoms with Gasteiger partial charge in [-0.1, -0.05) is 63.1 Å². The van der Waals surface area contributed by atoms with Crippen LogP contribution in [-0.4, -0.2) is 16.6 Å². The number of thioether (sulfide) groups is 1. The molecule has 0 radical (unpaired) electrons. The SMILES string of the molecule is CCC(CC)C(NC(=O)CCSCc1ccccn1)c1ccccc1. The van der Waals surface area contributed by atoms with Crippen LogP contribution in [0.1, 0.15) is 50.4 Å². The van der Waals surface area contributed by atoms with E-state index in [0.717, 1.165) is 30.0 Å². The van der Waals surface area contributed by atoms with Gasteiger partial charge in [-0.25, -0.2) is 0 Å². The number of aromatic nitrogens is 1. The van der Waals surface area contributed by atoms with Gasteiger partial charge < -0.3 is 5.32 Å². The van der Waals surface area contributed by atoms with Crippen molar-refractivity contribution in [2.24, 2.45) is 5.92 Å². The average molecular weight is 357 g/mol. The highest BCUT2D eigenvalue weighted by atomic mass is 32.2. The van der Waals surface area contributed by atoms with Gasteiger partial charge in [0.25, 0.3) is 0 Å². The number of rotatable bonds is 10. The van der Waals surface area contributed by atoms with E-state index in [-0.39, 0.29) is 11.9 Å². The topological polar surface area (TPSA) is 42.0 Å². The lowest BCUT2D eigenvalue weighted by Crippen LogP contribution is -2.33. The van der Waals surface area contributed by atoms with E-state index in [2.05, 4.69) is 36.3 Å². The van der Waals surface area contributed by atoms with Crippen molar-refractivity contribution in [3.05, 3.63) is 66.0 Å². The maximum atomic E-state index is 12.4. The van der Waals surface area contributed by atoms with Gasteiger partial charge in [0.2, 0.25) is 5.91 Å². The second-order valence-corrected chi connectivity index (χ2v) is 7.26. The van der Waals surface area contributed by atoms with Crippen LogP contribution in [0.3, 0.4) is 0 Å². The molecule has 1 heterocycles. The smallest absolute Gasteiger partial charge is 0.221 e. The Morgan fingerprint density at radius 3 is 2.44 bits per heavy atom. The zero-order valence-corrected chi connectivity index (χ0v) is 16.0. The van der Waals surface area contributed by atoms with Crippen molar-refractivity contribution in [3.8, 4) is 0 Å². The van der Waals surface area contributed by atoms with Crippen LogP contribution < -0.4 is 5.32 Å². The van der Waals surface area contributed by atoms with E-state index in [0.29, 0.717) is 12.3 Å². The molecule has 1 aromatic carbocycles. The summed E-state index contributed by atoms with van der Waals surface area (Å²) in [5, 5.41) is 3.27. The maximum absolute atomic E-state index is 12.4. The Morgan fingerprint density at radius 2 is 1.80 bits per heavy atom. The first kappa shape index (κ1) is 19.5. The van der Waals surface area contributed by atoms with Crippen LogP contribution >= 0.6 is 11.8 Å². The number of hydrogen-bond acceptors (Lipinski definition) is 3. The third kappa shape index (κ3) is 6.54. The highest BCUT2D eigenvalue weighted by Gasteiger charge is 2.22. The van der Waals surface area contributed by atoms with E-state index in [4.69, 9.17) is 0 Å². The number of amides is 1. The van der Waals surface area contributed by atoms with Crippen LogP contribution in [0.5, 0.6) is 0 Å². The van der Waals surface area contributed by atoms with Crippen molar-refractivity contribution in [1.29, 1.82) is 0 Å². The predicted octanol–water partition coefficient (Wildman–Crippen LogP) is 5.00. The molecule has 1 amide bonds. The predicted molar refractivity (Wildman–Crippen MR) is 106 cm³/mol. The van der Waals surface area contributed by atoms with Crippen molar-refractivity contribution in [1.82, 2.24) is 10.3 Å². The quantitative estimate of drug-likeness (QED) is 0.609. The zero-order chi connectivity index (χ0) is 17.9. The fraction of sp³-hybridized carbons (Fsp3) is 0.429. The molecular formula is C21H28N2OS. The Kier molecular flexibility index (Phi) is 8.53. The van der Waals surface area contributed by atoms with Crippen molar-refractivity contribution >= 4 is 17.7 Å². The summed E-state index contributed by atoms with van der Waals surface area (Å²) in [5.74, 6) is 2.26. The minimum Gasteiger partial charge on any atom is -0.349 e. The lowest BCUT2D eigenvalue weighted by Gasteiger charge is -2.27. The maximum Gasteiger partial charge on any atom is 0.221 e. The van der Waals surface area contributed by atoms with Gasteiger partial charge in [0.15, 0.2) is 0 Å². The van der Waals surface area contributed by atoms with Crippen molar-refractivity contribution in [3.63, 3.8) is 0 Å². The van der Waals surface area contributed by atoms with E-state index >= 15 is 0 Å². The van der Waals surface area contributed by atoms with Crippen LogP contribution in [0.15, 0.2) is 54.7 Å². The van der Waals surface area contributed by atoms with E-state index in [1.807, 2.05) is 42.6 Å².